The maximum absolute atomic E-state index is 13.1. The van der Waals surface area contributed by atoms with E-state index in [1.807, 2.05) is 6.07 Å². The number of hydrogen-bond donors (Lipinski definition) is 0. The van der Waals surface area contributed by atoms with Gasteiger partial charge in [0, 0.05) is 25.3 Å². The van der Waals surface area contributed by atoms with Gasteiger partial charge in [-0.15, -0.1) is 0 Å². The van der Waals surface area contributed by atoms with Crippen LogP contribution in [0.3, 0.4) is 0 Å². The van der Waals surface area contributed by atoms with Crippen molar-refractivity contribution in [3.8, 4) is 0 Å². The van der Waals surface area contributed by atoms with E-state index < -0.39 is 10.0 Å². The van der Waals surface area contributed by atoms with Crippen LogP contribution >= 0.6 is 0 Å². The second kappa shape index (κ2) is 8.14. The Morgan fingerprint density at radius 3 is 2.59 bits per heavy atom. The maximum Gasteiger partial charge on any atom is 0.269 e. The van der Waals surface area contributed by atoms with Crippen LogP contribution in [0, 0.1) is 0 Å². The molecule has 0 spiro atoms. The number of piperidine rings is 1. The van der Waals surface area contributed by atoms with E-state index in [0.717, 1.165) is 24.8 Å². The Bertz CT molecular complexity index is 1360. The summed E-state index contributed by atoms with van der Waals surface area (Å²) in [7, 11) is -3.52. The molecule has 1 aromatic heterocycles. The SMILES string of the molecule is O=C(Cn1c(=O)cnc2ccccc21)N1CCc2cc(S(=O)(=O)N3CCCCC3)ccc21. The van der Waals surface area contributed by atoms with Crippen molar-refractivity contribution in [2.24, 2.45) is 0 Å². The number of para-hydroxylation sites is 2. The quantitative estimate of drug-likeness (QED) is 0.605. The number of hydrogen-bond acceptors (Lipinski definition) is 5. The molecule has 9 heteroatoms. The number of nitrogens with zero attached hydrogens (tertiary/aromatic N) is 4. The van der Waals surface area contributed by atoms with E-state index in [1.165, 1.54) is 10.8 Å². The molecule has 0 unspecified atom stereocenters. The highest BCUT2D eigenvalue weighted by Gasteiger charge is 2.30. The lowest BCUT2D eigenvalue weighted by Crippen LogP contribution is -2.36. The highest BCUT2D eigenvalue weighted by molar-refractivity contribution is 7.89. The van der Waals surface area contributed by atoms with Crippen LogP contribution in [-0.4, -0.2) is 47.8 Å². The van der Waals surface area contributed by atoms with Gasteiger partial charge in [-0.05, 0) is 55.2 Å². The van der Waals surface area contributed by atoms with E-state index in [1.54, 1.807) is 45.6 Å². The zero-order valence-corrected chi connectivity index (χ0v) is 18.4. The monoisotopic (exact) mass is 452 g/mol. The molecule has 3 heterocycles. The summed E-state index contributed by atoms with van der Waals surface area (Å²) in [4.78, 5) is 31.6. The van der Waals surface area contributed by atoms with E-state index >= 15 is 0 Å². The van der Waals surface area contributed by atoms with Crippen molar-refractivity contribution in [2.75, 3.05) is 24.5 Å². The van der Waals surface area contributed by atoms with Crippen LogP contribution in [0.1, 0.15) is 24.8 Å². The Hall–Kier alpha value is -3.04. The fourth-order valence-electron chi connectivity index (χ4n) is 4.55. The highest BCUT2D eigenvalue weighted by atomic mass is 32.2. The molecule has 2 aliphatic heterocycles. The molecule has 1 fully saturated rings. The zero-order valence-electron chi connectivity index (χ0n) is 17.6. The molecule has 166 valence electrons. The average molecular weight is 453 g/mol. The minimum atomic E-state index is -3.52. The minimum absolute atomic E-state index is 0.102. The third kappa shape index (κ3) is 3.61. The summed E-state index contributed by atoms with van der Waals surface area (Å²) in [5.41, 5.74) is 2.46. The van der Waals surface area contributed by atoms with Gasteiger partial charge in [0.25, 0.3) is 5.56 Å². The van der Waals surface area contributed by atoms with E-state index in [2.05, 4.69) is 4.98 Å². The normalized spacial score (nSPS) is 16.9. The third-order valence-corrected chi connectivity index (χ3v) is 8.14. The molecule has 0 atom stereocenters. The summed E-state index contributed by atoms with van der Waals surface area (Å²) in [5.74, 6) is -0.214. The number of fused-ring (bicyclic) bond motifs is 2. The van der Waals surface area contributed by atoms with Gasteiger partial charge < -0.3 is 4.90 Å². The van der Waals surface area contributed by atoms with Gasteiger partial charge in [-0.2, -0.15) is 4.31 Å². The fraction of sp³-hybridized carbons (Fsp3) is 0.348. The van der Waals surface area contributed by atoms with E-state index in [4.69, 9.17) is 0 Å². The average Bonchev–Trinajstić information content (AvgIpc) is 3.25. The molecule has 32 heavy (non-hydrogen) atoms. The van der Waals surface area contributed by atoms with Gasteiger partial charge in [0.1, 0.15) is 6.54 Å². The number of sulfonamides is 1. The lowest BCUT2D eigenvalue weighted by molar-refractivity contribution is -0.119. The van der Waals surface area contributed by atoms with Crippen LogP contribution < -0.4 is 10.5 Å². The van der Waals surface area contributed by atoms with Gasteiger partial charge in [-0.3, -0.25) is 14.2 Å². The van der Waals surface area contributed by atoms with Crippen LogP contribution in [-0.2, 0) is 27.8 Å². The second-order valence-corrected chi connectivity index (χ2v) is 10.2. The Kier molecular flexibility index (Phi) is 5.30. The molecular weight excluding hydrogens is 428 g/mol. The standard InChI is InChI=1S/C23H24N4O4S/c28-22-15-24-19-6-2-3-7-21(19)27(22)16-23(29)26-13-10-17-14-18(8-9-20(17)26)32(30,31)25-11-4-1-5-12-25/h2-3,6-9,14-15H,1,4-5,10-13,16H2. The van der Waals surface area contributed by atoms with Gasteiger partial charge in [-0.1, -0.05) is 18.6 Å². The Morgan fingerprint density at radius 2 is 1.78 bits per heavy atom. The van der Waals surface area contributed by atoms with Crippen molar-refractivity contribution in [3.05, 3.63) is 64.6 Å². The van der Waals surface area contributed by atoms with Gasteiger partial charge >= 0.3 is 0 Å². The summed E-state index contributed by atoms with van der Waals surface area (Å²) in [6, 6.07) is 12.2. The molecular formula is C23H24N4O4S. The van der Waals surface area contributed by atoms with Crippen molar-refractivity contribution < 1.29 is 13.2 Å². The fourth-order valence-corrected chi connectivity index (χ4v) is 6.12. The number of carbonyl (C=O) groups excluding carboxylic acids is 1. The highest BCUT2D eigenvalue weighted by Crippen LogP contribution is 2.32. The van der Waals surface area contributed by atoms with Crippen molar-refractivity contribution in [2.45, 2.75) is 37.1 Å². The second-order valence-electron chi connectivity index (χ2n) is 8.22. The minimum Gasteiger partial charge on any atom is -0.310 e. The molecule has 0 radical (unpaired) electrons. The van der Waals surface area contributed by atoms with E-state index in [-0.39, 0.29) is 22.9 Å². The van der Waals surface area contributed by atoms with Gasteiger partial charge in [-0.25, -0.2) is 13.4 Å². The van der Waals surface area contributed by atoms with Crippen molar-refractivity contribution in [1.29, 1.82) is 0 Å². The lowest BCUT2D eigenvalue weighted by atomic mass is 10.2. The summed E-state index contributed by atoms with van der Waals surface area (Å²) in [5, 5.41) is 0. The first kappa shape index (κ1) is 20.8. The molecule has 5 rings (SSSR count). The van der Waals surface area contributed by atoms with E-state index in [0.29, 0.717) is 42.8 Å². The molecule has 8 nitrogen and oxygen atoms in total. The van der Waals surface area contributed by atoms with Crippen LogP contribution in [0.2, 0.25) is 0 Å². The molecule has 3 aromatic rings. The molecule has 1 saturated heterocycles. The summed E-state index contributed by atoms with van der Waals surface area (Å²) >= 11 is 0. The van der Waals surface area contributed by atoms with Crippen LogP contribution in [0.25, 0.3) is 11.0 Å². The predicted octanol–water partition coefficient (Wildman–Crippen LogP) is 2.16. The van der Waals surface area contributed by atoms with Crippen LogP contribution in [0.15, 0.2) is 58.4 Å². The summed E-state index contributed by atoms with van der Waals surface area (Å²) in [6.45, 7) is 1.46. The number of anilines is 1. The van der Waals surface area contributed by atoms with Gasteiger partial charge in [0.05, 0.1) is 22.1 Å². The van der Waals surface area contributed by atoms with Crippen LogP contribution in [0.4, 0.5) is 5.69 Å². The Balaban J connectivity index is 1.41. The zero-order chi connectivity index (χ0) is 22.3. The number of benzene rings is 2. The molecule has 0 aliphatic carbocycles. The summed E-state index contributed by atoms with van der Waals surface area (Å²) < 4.78 is 29.0. The lowest BCUT2D eigenvalue weighted by Gasteiger charge is -2.26. The molecule has 2 aromatic carbocycles. The number of carbonyl (C=O) groups is 1. The first-order valence-electron chi connectivity index (χ1n) is 10.8. The molecule has 0 bridgehead atoms. The first-order valence-corrected chi connectivity index (χ1v) is 12.3. The largest absolute Gasteiger partial charge is 0.310 e. The third-order valence-electron chi connectivity index (χ3n) is 6.25. The topological polar surface area (TPSA) is 92.6 Å². The Labute approximate surface area is 186 Å². The molecule has 2 aliphatic rings. The molecule has 0 saturated carbocycles. The van der Waals surface area contributed by atoms with Crippen molar-refractivity contribution in [3.63, 3.8) is 0 Å². The van der Waals surface area contributed by atoms with Crippen LogP contribution in [0.5, 0.6) is 0 Å². The van der Waals surface area contributed by atoms with Gasteiger partial charge in [0.2, 0.25) is 15.9 Å². The number of aromatic nitrogens is 2. The van der Waals surface area contributed by atoms with E-state index in [9.17, 15) is 18.0 Å². The number of rotatable bonds is 4. The number of amides is 1. The summed E-state index contributed by atoms with van der Waals surface area (Å²) in [6.07, 6.45) is 4.63. The first-order chi connectivity index (χ1) is 15.4. The maximum atomic E-state index is 13.1. The smallest absolute Gasteiger partial charge is 0.269 e. The van der Waals surface area contributed by atoms with Crippen molar-refractivity contribution in [1.82, 2.24) is 13.9 Å². The molecule has 1 amide bonds. The van der Waals surface area contributed by atoms with Gasteiger partial charge in [0.15, 0.2) is 0 Å². The molecule has 0 N–H and O–H groups in total. The van der Waals surface area contributed by atoms with Crippen molar-refractivity contribution >= 4 is 32.7 Å². The predicted molar refractivity (Wildman–Crippen MR) is 121 cm³/mol. The Morgan fingerprint density at radius 1 is 1.00 bits per heavy atom.